The third kappa shape index (κ3) is 3.55. The zero-order valence-electron chi connectivity index (χ0n) is 13.0. The van der Waals surface area contributed by atoms with Crippen molar-refractivity contribution in [2.45, 2.75) is 6.04 Å². The highest BCUT2D eigenvalue weighted by molar-refractivity contribution is 5.95. The summed E-state index contributed by atoms with van der Waals surface area (Å²) in [7, 11) is 0. The second kappa shape index (κ2) is 6.96. The van der Waals surface area contributed by atoms with E-state index in [1.165, 1.54) is 29.1 Å². The molecule has 0 aliphatic carbocycles. The lowest BCUT2D eigenvalue weighted by Gasteiger charge is -2.13. The van der Waals surface area contributed by atoms with Crippen molar-refractivity contribution >= 4 is 11.9 Å². The Morgan fingerprint density at radius 1 is 1.04 bits per heavy atom. The summed E-state index contributed by atoms with van der Waals surface area (Å²) < 4.78 is 15.0. The minimum absolute atomic E-state index is 0.00886. The maximum atomic E-state index is 13.8. The van der Waals surface area contributed by atoms with Crippen molar-refractivity contribution in [1.29, 1.82) is 0 Å². The number of nitrogens with zero attached hydrogens (tertiary/aromatic N) is 2. The highest BCUT2D eigenvalue weighted by Gasteiger charge is 2.23. The number of aliphatic carboxylic acids is 1. The minimum atomic E-state index is -1.20. The third-order valence-corrected chi connectivity index (χ3v) is 3.58. The van der Waals surface area contributed by atoms with Crippen LogP contribution in [-0.4, -0.2) is 26.8 Å². The van der Waals surface area contributed by atoms with Crippen LogP contribution in [-0.2, 0) is 4.79 Å². The summed E-state index contributed by atoms with van der Waals surface area (Å²) >= 11 is 0. The van der Waals surface area contributed by atoms with Crippen molar-refractivity contribution in [3.8, 4) is 5.69 Å². The Balaban J connectivity index is 1.82. The predicted octanol–water partition coefficient (Wildman–Crippen LogP) is 2.57. The maximum absolute atomic E-state index is 13.8. The summed E-state index contributed by atoms with van der Waals surface area (Å²) in [5.41, 5.74) is 0.627. The first-order chi connectivity index (χ1) is 12.1. The molecule has 0 bridgehead atoms. The molecule has 25 heavy (non-hydrogen) atoms. The van der Waals surface area contributed by atoms with E-state index in [1.54, 1.807) is 42.5 Å². The van der Waals surface area contributed by atoms with Gasteiger partial charge < -0.3 is 10.4 Å². The highest BCUT2D eigenvalue weighted by Crippen LogP contribution is 2.15. The van der Waals surface area contributed by atoms with Gasteiger partial charge in [0.1, 0.15) is 11.5 Å². The van der Waals surface area contributed by atoms with Gasteiger partial charge in [-0.15, -0.1) is 0 Å². The molecule has 2 N–H and O–H groups in total. The van der Waals surface area contributed by atoms with E-state index in [1.807, 2.05) is 0 Å². The van der Waals surface area contributed by atoms with E-state index >= 15 is 0 Å². The summed E-state index contributed by atoms with van der Waals surface area (Å²) in [4.78, 5) is 23.8. The molecular formula is C18H14FN3O3. The SMILES string of the molecule is O=C(NC(C(=O)O)c1ccccc1)c1ccn(-c2ccccc2F)n1. The van der Waals surface area contributed by atoms with E-state index in [9.17, 15) is 19.1 Å². The minimum Gasteiger partial charge on any atom is -0.479 e. The first-order valence-corrected chi connectivity index (χ1v) is 7.45. The molecule has 0 aliphatic rings. The van der Waals surface area contributed by atoms with E-state index in [0.29, 0.717) is 5.56 Å². The second-order valence-electron chi connectivity index (χ2n) is 5.25. The fraction of sp³-hybridized carbons (Fsp3) is 0.0556. The lowest BCUT2D eigenvalue weighted by atomic mass is 10.1. The molecule has 0 fully saturated rings. The molecule has 3 rings (SSSR count). The molecule has 2 aromatic carbocycles. The molecule has 0 saturated heterocycles. The number of carbonyl (C=O) groups excluding carboxylic acids is 1. The van der Waals surface area contributed by atoms with Crippen molar-refractivity contribution in [1.82, 2.24) is 15.1 Å². The summed E-state index contributed by atoms with van der Waals surface area (Å²) in [6.45, 7) is 0. The van der Waals surface area contributed by atoms with Crippen LogP contribution in [0.4, 0.5) is 4.39 Å². The summed E-state index contributed by atoms with van der Waals surface area (Å²) in [6.07, 6.45) is 1.44. The number of hydrogen-bond acceptors (Lipinski definition) is 3. The van der Waals surface area contributed by atoms with Gasteiger partial charge in [-0.25, -0.2) is 13.9 Å². The highest BCUT2D eigenvalue weighted by atomic mass is 19.1. The first kappa shape index (κ1) is 16.4. The van der Waals surface area contributed by atoms with Crippen LogP contribution in [0, 0.1) is 5.82 Å². The van der Waals surface area contributed by atoms with Crippen molar-refractivity contribution in [2.24, 2.45) is 0 Å². The number of carboxylic acids is 1. The average Bonchev–Trinajstić information content (AvgIpc) is 3.10. The summed E-state index contributed by atoms with van der Waals surface area (Å²) in [5, 5.41) is 15.8. The molecule has 1 heterocycles. The fourth-order valence-corrected chi connectivity index (χ4v) is 2.35. The van der Waals surface area contributed by atoms with Crippen molar-refractivity contribution < 1.29 is 19.1 Å². The molecule has 1 atom stereocenters. The molecule has 0 saturated carbocycles. The topological polar surface area (TPSA) is 84.2 Å². The molecule has 0 aliphatic heterocycles. The number of nitrogens with one attached hydrogen (secondary N) is 1. The number of carboxylic acid groups (broad SMARTS) is 1. The Hall–Kier alpha value is -3.48. The lowest BCUT2D eigenvalue weighted by Crippen LogP contribution is -2.34. The molecule has 7 heteroatoms. The first-order valence-electron chi connectivity index (χ1n) is 7.45. The summed E-state index contributed by atoms with van der Waals surface area (Å²) in [5.74, 6) is -2.33. The van der Waals surface area contributed by atoms with Crippen LogP contribution in [0.15, 0.2) is 66.9 Å². The molecule has 1 amide bonds. The quantitative estimate of drug-likeness (QED) is 0.748. The number of carbonyl (C=O) groups is 2. The largest absolute Gasteiger partial charge is 0.479 e. The monoisotopic (exact) mass is 339 g/mol. The van der Waals surface area contributed by atoms with Gasteiger partial charge in [-0.3, -0.25) is 4.79 Å². The van der Waals surface area contributed by atoms with Crippen molar-refractivity contribution in [3.05, 3.63) is 83.9 Å². The standard InChI is InChI=1S/C18H14FN3O3/c19-13-8-4-5-9-15(13)22-11-10-14(21-22)17(23)20-16(18(24)25)12-6-2-1-3-7-12/h1-11,16H,(H,20,23)(H,24,25). The van der Waals surface area contributed by atoms with Crippen LogP contribution in [0.5, 0.6) is 0 Å². The van der Waals surface area contributed by atoms with Crippen LogP contribution in [0.3, 0.4) is 0 Å². The van der Waals surface area contributed by atoms with Gasteiger partial charge in [0, 0.05) is 6.20 Å². The van der Waals surface area contributed by atoms with E-state index in [4.69, 9.17) is 0 Å². The van der Waals surface area contributed by atoms with Gasteiger partial charge in [-0.2, -0.15) is 5.10 Å². The van der Waals surface area contributed by atoms with E-state index in [0.717, 1.165) is 0 Å². The normalized spacial score (nSPS) is 11.7. The Bertz CT molecular complexity index is 909. The van der Waals surface area contributed by atoms with Gasteiger partial charge in [0.05, 0.1) is 0 Å². The Labute approximate surface area is 142 Å². The molecule has 0 spiro atoms. The van der Waals surface area contributed by atoms with Gasteiger partial charge in [-0.1, -0.05) is 42.5 Å². The maximum Gasteiger partial charge on any atom is 0.330 e. The van der Waals surface area contributed by atoms with Gasteiger partial charge in [0.25, 0.3) is 5.91 Å². The number of para-hydroxylation sites is 1. The molecule has 6 nitrogen and oxygen atoms in total. The van der Waals surface area contributed by atoms with Crippen molar-refractivity contribution in [3.63, 3.8) is 0 Å². The van der Waals surface area contributed by atoms with Crippen LogP contribution in [0.25, 0.3) is 5.69 Å². The zero-order valence-corrected chi connectivity index (χ0v) is 13.0. The number of aromatic nitrogens is 2. The zero-order chi connectivity index (χ0) is 17.8. The van der Waals surface area contributed by atoms with Gasteiger partial charge in [-0.05, 0) is 23.8 Å². The Morgan fingerprint density at radius 2 is 1.72 bits per heavy atom. The molecule has 126 valence electrons. The van der Waals surface area contributed by atoms with Crippen LogP contribution >= 0.6 is 0 Å². The van der Waals surface area contributed by atoms with Crippen LogP contribution in [0.1, 0.15) is 22.1 Å². The number of amides is 1. The summed E-state index contributed by atoms with van der Waals surface area (Å²) in [6, 6.07) is 14.5. The molecule has 1 unspecified atom stereocenters. The third-order valence-electron chi connectivity index (χ3n) is 3.58. The van der Waals surface area contributed by atoms with Crippen LogP contribution in [0.2, 0.25) is 0 Å². The van der Waals surface area contributed by atoms with Crippen molar-refractivity contribution in [2.75, 3.05) is 0 Å². The van der Waals surface area contributed by atoms with E-state index in [2.05, 4.69) is 10.4 Å². The van der Waals surface area contributed by atoms with Gasteiger partial charge in [0.2, 0.25) is 0 Å². The smallest absolute Gasteiger partial charge is 0.330 e. The average molecular weight is 339 g/mol. The molecule has 0 radical (unpaired) electrons. The number of benzene rings is 2. The lowest BCUT2D eigenvalue weighted by molar-refractivity contribution is -0.139. The fourth-order valence-electron chi connectivity index (χ4n) is 2.35. The van der Waals surface area contributed by atoms with E-state index < -0.39 is 23.7 Å². The Kier molecular flexibility index (Phi) is 4.56. The van der Waals surface area contributed by atoms with Gasteiger partial charge in [0.15, 0.2) is 11.7 Å². The number of halogens is 1. The second-order valence-corrected chi connectivity index (χ2v) is 5.25. The molecule has 1 aromatic heterocycles. The number of rotatable bonds is 5. The van der Waals surface area contributed by atoms with E-state index in [-0.39, 0.29) is 11.4 Å². The molecular weight excluding hydrogens is 325 g/mol. The van der Waals surface area contributed by atoms with Gasteiger partial charge >= 0.3 is 5.97 Å². The Morgan fingerprint density at radius 3 is 2.40 bits per heavy atom. The predicted molar refractivity (Wildman–Crippen MR) is 87.8 cm³/mol. The van der Waals surface area contributed by atoms with Crippen LogP contribution < -0.4 is 5.32 Å². The number of hydrogen-bond donors (Lipinski definition) is 2. The molecule has 3 aromatic rings.